The topological polar surface area (TPSA) is 378 Å². The molecule has 542 valence electrons. The summed E-state index contributed by atoms with van der Waals surface area (Å²) in [5.74, 6) is -3.13. The second-order valence-corrected chi connectivity index (χ2v) is 27.2. The quantitative estimate of drug-likeness (QED) is 0.0233. The number of hydrogen-bond acceptors (Lipinski definition) is 17. The van der Waals surface area contributed by atoms with Crippen LogP contribution >= 0.6 is 0 Å². The fourth-order valence-corrected chi connectivity index (χ4v) is 11.5. The SMILES string of the molecule is CCCCCCCC/C=C\CCCCCCCC(=O)N[C@@H](C)CN(CC(=O)N[C@@H](C)CN(CC(=O)N[C@@H](CC(C)C)CN(CC(=O)N[C@@H](CC(C)C)CN(CC(=O)N[C@@H](CC(C)C)CN(CC(N)=O)C(O)CCCN)C(O)CCCN)C(O)CCCN)C(C)=O)C(C)=O. The summed E-state index contributed by atoms with van der Waals surface area (Å²) in [6.45, 7) is 20.1. The van der Waals surface area contributed by atoms with Crippen molar-refractivity contribution in [1.82, 2.24) is 51.1 Å². The number of allylic oxidation sites excluding steroid dienone is 2. The molecule has 8 atom stereocenters. The number of rotatable bonds is 58. The van der Waals surface area contributed by atoms with Gasteiger partial charge in [-0.3, -0.25) is 53.1 Å². The number of unbranched alkanes of at least 4 members (excludes halogenated alkanes) is 11. The van der Waals surface area contributed by atoms with E-state index in [-0.39, 0.29) is 114 Å². The van der Waals surface area contributed by atoms with Crippen molar-refractivity contribution in [1.29, 1.82) is 0 Å². The molecular weight excluding hydrogens is 1190 g/mol. The highest BCUT2D eigenvalue weighted by Gasteiger charge is 2.31. The molecule has 0 aromatic carbocycles. The van der Waals surface area contributed by atoms with Gasteiger partial charge in [-0.25, -0.2) is 0 Å². The maximum Gasteiger partial charge on any atom is 0.239 e. The lowest BCUT2D eigenvalue weighted by Crippen LogP contribution is -2.56. The minimum Gasteiger partial charge on any atom is -0.378 e. The number of carbonyl (C=O) groups is 8. The molecule has 25 heteroatoms. The molecule has 0 aliphatic carbocycles. The van der Waals surface area contributed by atoms with Gasteiger partial charge in [0.2, 0.25) is 47.3 Å². The second-order valence-electron chi connectivity index (χ2n) is 27.2. The van der Waals surface area contributed by atoms with Crippen LogP contribution in [0.2, 0.25) is 0 Å². The Kier molecular flexibility index (Phi) is 50.5. The molecule has 0 heterocycles. The highest BCUT2D eigenvalue weighted by atomic mass is 16.3. The summed E-state index contributed by atoms with van der Waals surface area (Å²) >= 11 is 0. The van der Waals surface area contributed by atoms with Crippen LogP contribution in [0.1, 0.15) is 224 Å². The molecule has 16 N–H and O–H groups in total. The zero-order valence-corrected chi connectivity index (χ0v) is 59.6. The van der Waals surface area contributed by atoms with Gasteiger partial charge in [0.1, 0.15) is 18.7 Å². The molecule has 0 aliphatic heterocycles. The zero-order valence-electron chi connectivity index (χ0n) is 59.6. The van der Waals surface area contributed by atoms with Crippen LogP contribution in [0.3, 0.4) is 0 Å². The van der Waals surface area contributed by atoms with Gasteiger partial charge in [-0.2, -0.15) is 0 Å². The van der Waals surface area contributed by atoms with E-state index in [0.717, 1.165) is 44.9 Å². The summed E-state index contributed by atoms with van der Waals surface area (Å²) < 4.78 is 0. The maximum atomic E-state index is 14.3. The van der Waals surface area contributed by atoms with Crippen LogP contribution in [0, 0.1) is 17.8 Å². The van der Waals surface area contributed by atoms with Gasteiger partial charge in [0.25, 0.3) is 0 Å². The van der Waals surface area contributed by atoms with Crippen molar-refractivity contribution < 1.29 is 53.7 Å². The number of amides is 8. The molecule has 0 saturated heterocycles. The largest absolute Gasteiger partial charge is 0.378 e. The van der Waals surface area contributed by atoms with Crippen molar-refractivity contribution in [2.24, 2.45) is 40.7 Å². The first kappa shape index (κ1) is 88.1. The van der Waals surface area contributed by atoms with Crippen LogP contribution in [-0.4, -0.2) is 221 Å². The average molecular weight is 1320 g/mol. The van der Waals surface area contributed by atoms with Crippen LogP contribution in [0.15, 0.2) is 12.2 Å². The number of aliphatic hydroxyl groups is 3. The highest BCUT2D eigenvalue weighted by Crippen LogP contribution is 2.17. The van der Waals surface area contributed by atoms with Gasteiger partial charge in [-0.15, -0.1) is 0 Å². The molecule has 0 fully saturated rings. The molecule has 0 saturated carbocycles. The summed E-state index contributed by atoms with van der Waals surface area (Å²) in [6, 6.07) is -2.73. The van der Waals surface area contributed by atoms with Crippen molar-refractivity contribution in [2.75, 3.05) is 85.1 Å². The molecule has 0 bridgehead atoms. The molecule has 0 aromatic heterocycles. The van der Waals surface area contributed by atoms with E-state index >= 15 is 0 Å². The van der Waals surface area contributed by atoms with Gasteiger partial charge in [0, 0.05) is 83.2 Å². The Morgan fingerprint density at radius 3 is 1.04 bits per heavy atom. The fourth-order valence-electron chi connectivity index (χ4n) is 11.5. The molecule has 25 nitrogen and oxygen atoms in total. The van der Waals surface area contributed by atoms with Gasteiger partial charge >= 0.3 is 0 Å². The van der Waals surface area contributed by atoms with Crippen molar-refractivity contribution >= 4 is 47.3 Å². The maximum absolute atomic E-state index is 14.3. The molecule has 8 amide bonds. The van der Waals surface area contributed by atoms with Crippen LogP contribution in [0.4, 0.5) is 0 Å². The van der Waals surface area contributed by atoms with Crippen LogP contribution in [0.5, 0.6) is 0 Å². The van der Waals surface area contributed by atoms with Crippen molar-refractivity contribution in [3.8, 4) is 0 Å². The second kappa shape index (κ2) is 53.3. The van der Waals surface area contributed by atoms with Crippen LogP contribution in [-0.2, 0) is 38.4 Å². The molecule has 0 aromatic rings. The summed E-state index contributed by atoms with van der Waals surface area (Å²) in [4.78, 5) is 114. The molecule has 93 heavy (non-hydrogen) atoms. The number of hydrogen-bond donors (Lipinski definition) is 12. The number of carbonyl (C=O) groups excluding carboxylic acids is 8. The van der Waals surface area contributed by atoms with Crippen molar-refractivity contribution in [3.05, 3.63) is 12.2 Å². The molecular formula is C68H134N14O11. The van der Waals surface area contributed by atoms with E-state index in [4.69, 9.17) is 22.9 Å². The Morgan fingerprint density at radius 1 is 0.398 bits per heavy atom. The standard InChI is InChI=1S/C68H134N14O11/c1-12-13-14-15-16-17-18-19-20-21-22-23-24-25-26-30-61(86)73-53(8)40-78(55(10)83)46-62(87)74-54(9)41-79(56(11)84)47-63(88)75-58(38-51(4)5)43-81(67(92)32-28-35-70)49-65(90)77-59(39-52(6)7)44-82(68(93)33-29-36-71)48-64(89)76-57(37-50(2)3)42-80(45-60(72)85)66(91)31-27-34-69/h19-20,50-54,57-59,66-68,91-93H,12-18,21-49,69-71H2,1-11H3,(H2,72,85)(H,73,86)(H,74,87)(H,75,88)(H,76,89)(H,77,90)/b20-19-/t53-,54-,57-,58-,59-,66?,67?,68?/m0/s1. The Labute approximate surface area is 560 Å². The average Bonchev–Trinajstić information content (AvgIpc) is 1.03. The Hall–Kier alpha value is -4.86. The molecule has 0 spiro atoms. The van der Waals surface area contributed by atoms with Gasteiger partial charge in [-0.05, 0) is 141 Å². The third-order valence-electron chi connectivity index (χ3n) is 16.1. The summed E-state index contributed by atoms with van der Waals surface area (Å²) in [5, 5.41) is 49.2. The number of aliphatic hydroxyl groups excluding tert-OH is 3. The third-order valence-corrected chi connectivity index (χ3v) is 16.1. The first-order valence-corrected chi connectivity index (χ1v) is 35.3. The highest BCUT2D eigenvalue weighted by molar-refractivity contribution is 5.85. The lowest BCUT2D eigenvalue weighted by Gasteiger charge is -2.35. The number of primary amides is 1. The minimum atomic E-state index is -1.14. The van der Waals surface area contributed by atoms with E-state index in [1.165, 1.54) is 67.1 Å². The first-order valence-electron chi connectivity index (χ1n) is 35.3. The predicted molar refractivity (Wildman–Crippen MR) is 370 cm³/mol. The molecule has 0 radical (unpaired) electrons. The monoisotopic (exact) mass is 1320 g/mol. The Morgan fingerprint density at radius 2 is 0.710 bits per heavy atom. The van der Waals surface area contributed by atoms with Crippen LogP contribution in [0.25, 0.3) is 0 Å². The zero-order chi connectivity index (χ0) is 70.3. The molecule has 0 aliphatic rings. The Bertz CT molecular complexity index is 2090. The predicted octanol–water partition coefficient (Wildman–Crippen LogP) is 3.89. The van der Waals surface area contributed by atoms with Gasteiger partial charge in [0.15, 0.2) is 0 Å². The summed E-state index contributed by atoms with van der Waals surface area (Å²) in [6.07, 6.45) is 20.5. The van der Waals surface area contributed by atoms with Crippen molar-refractivity contribution in [3.63, 3.8) is 0 Å². The first-order chi connectivity index (χ1) is 44.0. The van der Waals surface area contributed by atoms with E-state index in [9.17, 15) is 53.7 Å². The summed E-state index contributed by atoms with van der Waals surface area (Å²) in [5.41, 5.74) is 23.0. The van der Waals surface area contributed by atoms with Gasteiger partial charge < -0.3 is 74.6 Å². The number of nitrogens with zero attached hydrogens (tertiary/aromatic N) is 5. The van der Waals surface area contributed by atoms with E-state index in [2.05, 4.69) is 45.7 Å². The normalized spacial score (nSPS) is 14.5. The van der Waals surface area contributed by atoms with E-state index in [0.29, 0.717) is 64.5 Å². The smallest absolute Gasteiger partial charge is 0.239 e. The van der Waals surface area contributed by atoms with Gasteiger partial charge in [-0.1, -0.05) is 112 Å². The Balaban J connectivity index is 5.99. The van der Waals surface area contributed by atoms with Crippen LogP contribution < -0.4 is 49.5 Å². The minimum absolute atomic E-state index is 0.0310. The molecule has 0 rings (SSSR count). The third kappa shape index (κ3) is 46.8. The van der Waals surface area contributed by atoms with E-state index in [1.54, 1.807) is 23.6 Å². The number of nitrogens with two attached hydrogens (primary N) is 4. The molecule has 3 unspecified atom stereocenters. The van der Waals surface area contributed by atoms with E-state index < -0.39 is 84.3 Å². The lowest BCUT2D eigenvalue weighted by atomic mass is 10.0. The van der Waals surface area contributed by atoms with E-state index in [1.807, 2.05) is 41.5 Å². The van der Waals surface area contributed by atoms with Gasteiger partial charge in [0.05, 0.1) is 32.7 Å². The summed E-state index contributed by atoms with van der Waals surface area (Å²) in [7, 11) is 0. The lowest BCUT2D eigenvalue weighted by molar-refractivity contribution is -0.136. The fraction of sp³-hybridized carbons (Fsp3) is 0.853. The number of nitrogens with one attached hydrogen (secondary N) is 5. The van der Waals surface area contributed by atoms with Crippen molar-refractivity contribution in [2.45, 2.75) is 273 Å².